The van der Waals surface area contributed by atoms with Crippen LogP contribution in [0.3, 0.4) is 0 Å². The maximum Gasteiger partial charge on any atom is 0.407 e. The summed E-state index contributed by atoms with van der Waals surface area (Å²) in [5.74, 6) is -1.64. The van der Waals surface area contributed by atoms with Gasteiger partial charge in [-0.1, -0.05) is 55.5 Å². The van der Waals surface area contributed by atoms with Crippen molar-refractivity contribution in [1.29, 1.82) is 0 Å². The van der Waals surface area contributed by atoms with Crippen molar-refractivity contribution in [3.63, 3.8) is 0 Å². The molecule has 2 amide bonds. The Kier molecular flexibility index (Phi) is 7.12. The number of fused-ring (bicyclic) bond motifs is 3. The van der Waals surface area contributed by atoms with Crippen LogP contribution in [0, 0.1) is 0 Å². The number of carboxylic acids is 1. The molecule has 0 bridgehead atoms. The Hall–Kier alpha value is -3.39. The topological polar surface area (TPSA) is 114 Å². The first-order valence-electron chi connectivity index (χ1n) is 12.0. The van der Waals surface area contributed by atoms with Gasteiger partial charge in [-0.2, -0.15) is 0 Å². The van der Waals surface area contributed by atoms with E-state index < -0.39 is 29.0 Å². The number of ether oxygens (including phenoxy) is 2. The molecule has 0 aromatic heterocycles. The van der Waals surface area contributed by atoms with Crippen molar-refractivity contribution in [2.45, 2.75) is 56.0 Å². The van der Waals surface area contributed by atoms with E-state index in [-0.39, 0.29) is 32.0 Å². The van der Waals surface area contributed by atoms with Crippen molar-refractivity contribution in [2.24, 2.45) is 0 Å². The highest BCUT2D eigenvalue weighted by molar-refractivity contribution is 5.88. The summed E-state index contributed by atoms with van der Waals surface area (Å²) in [7, 11) is 1.39. The number of hydrogen-bond acceptors (Lipinski definition) is 5. The van der Waals surface area contributed by atoms with Gasteiger partial charge in [0.25, 0.3) is 0 Å². The molecule has 1 atom stereocenters. The number of benzene rings is 2. The van der Waals surface area contributed by atoms with Gasteiger partial charge in [-0.3, -0.25) is 4.79 Å². The Balaban J connectivity index is 1.39. The molecule has 2 aromatic rings. The smallest absolute Gasteiger partial charge is 0.407 e. The fourth-order valence-electron chi connectivity index (χ4n) is 5.16. The average Bonchev–Trinajstić information content (AvgIpc) is 3.14. The Morgan fingerprint density at radius 3 is 2.14 bits per heavy atom. The number of nitrogens with one attached hydrogen (secondary N) is 2. The first-order valence-corrected chi connectivity index (χ1v) is 12.0. The molecular formula is C27H32N2O6. The minimum absolute atomic E-state index is 0.0179. The van der Waals surface area contributed by atoms with E-state index in [0.29, 0.717) is 12.8 Å². The van der Waals surface area contributed by atoms with Gasteiger partial charge in [0.05, 0.1) is 12.1 Å². The molecule has 8 nitrogen and oxygen atoms in total. The van der Waals surface area contributed by atoms with Crippen LogP contribution >= 0.6 is 0 Å². The third-order valence-corrected chi connectivity index (χ3v) is 7.30. The first-order chi connectivity index (χ1) is 16.8. The molecule has 0 aliphatic heterocycles. The summed E-state index contributed by atoms with van der Waals surface area (Å²) < 4.78 is 10.7. The largest absolute Gasteiger partial charge is 0.479 e. The predicted molar refractivity (Wildman–Crippen MR) is 130 cm³/mol. The zero-order valence-electron chi connectivity index (χ0n) is 20.1. The fraction of sp³-hybridized carbons (Fsp3) is 0.444. The van der Waals surface area contributed by atoms with E-state index >= 15 is 0 Å². The highest BCUT2D eigenvalue weighted by Crippen LogP contribution is 2.44. The molecule has 1 fully saturated rings. The van der Waals surface area contributed by atoms with Gasteiger partial charge in [0.15, 0.2) is 5.54 Å². The molecular weight excluding hydrogens is 448 g/mol. The lowest BCUT2D eigenvalue weighted by atomic mass is 9.74. The van der Waals surface area contributed by atoms with Crippen molar-refractivity contribution >= 4 is 18.0 Å². The van der Waals surface area contributed by atoms with Crippen molar-refractivity contribution in [3.8, 4) is 11.1 Å². The van der Waals surface area contributed by atoms with Gasteiger partial charge in [0.2, 0.25) is 5.91 Å². The molecule has 186 valence electrons. The SMILES string of the molecule is CCC(COC)(NC(=O)CC1(NC(=O)OCC2c3ccccc3-c3ccccc32)CCC1)C(=O)O. The van der Waals surface area contributed by atoms with Crippen LogP contribution in [-0.2, 0) is 19.1 Å². The molecule has 2 aliphatic carbocycles. The third kappa shape index (κ3) is 4.89. The molecule has 1 unspecified atom stereocenters. The van der Waals surface area contributed by atoms with E-state index in [1.165, 1.54) is 7.11 Å². The minimum Gasteiger partial charge on any atom is -0.479 e. The van der Waals surface area contributed by atoms with Crippen LogP contribution in [0.15, 0.2) is 48.5 Å². The number of aliphatic carboxylic acids is 1. The van der Waals surface area contributed by atoms with E-state index in [1.807, 2.05) is 24.3 Å². The molecule has 4 rings (SSSR count). The predicted octanol–water partition coefficient (Wildman–Crippen LogP) is 3.83. The van der Waals surface area contributed by atoms with Gasteiger partial charge < -0.3 is 25.2 Å². The first kappa shape index (κ1) is 24.7. The highest BCUT2D eigenvalue weighted by Gasteiger charge is 2.44. The zero-order chi connectivity index (χ0) is 25.1. The second-order valence-corrected chi connectivity index (χ2v) is 9.48. The van der Waals surface area contributed by atoms with Crippen molar-refractivity contribution in [2.75, 3.05) is 20.3 Å². The summed E-state index contributed by atoms with van der Waals surface area (Å²) in [6.07, 6.45) is 1.70. The average molecular weight is 481 g/mol. The number of hydrogen-bond donors (Lipinski definition) is 3. The third-order valence-electron chi connectivity index (χ3n) is 7.30. The van der Waals surface area contributed by atoms with Gasteiger partial charge in [0, 0.05) is 19.4 Å². The van der Waals surface area contributed by atoms with E-state index in [1.54, 1.807) is 6.92 Å². The van der Waals surface area contributed by atoms with Gasteiger partial charge >= 0.3 is 12.1 Å². The fourth-order valence-corrected chi connectivity index (χ4v) is 5.16. The Morgan fingerprint density at radius 2 is 1.66 bits per heavy atom. The van der Waals surface area contributed by atoms with Crippen LogP contribution in [0.2, 0.25) is 0 Å². The number of carbonyl (C=O) groups is 3. The number of alkyl carbamates (subject to hydrolysis) is 1. The Morgan fingerprint density at radius 1 is 1.06 bits per heavy atom. The van der Waals surface area contributed by atoms with Crippen LogP contribution in [0.1, 0.15) is 56.1 Å². The lowest BCUT2D eigenvalue weighted by molar-refractivity contribution is -0.151. The van der Waals surface area contributed by atoms with Crippen molar-refractivity contribution in [3.05, 3.63) is 59.7 Å². The molecule has 2 aromatic carbocycles. The number of methoxy groups -OCH3 is 1. The maximum absolute atomic E-state index is 12.8. The van der Waals surface area contributed by atoms with E-state index in [4.69, 9.17) is 9.47 Å². The summed E-state index contributed by atoms with van der Waals surface area (Å²) in [6.45, 7) is 1.73. The van der Waals surface area contributed by atoms with Gasteiger partial charge in [-0.15, -0.1) is 0 Å². The van der Waals surface area contributed by atoms with Crippen LogP contribution in [0.4, 0.5) is 4.79 Å². The molecule has 1 saturated carbocycles. The lowest BCUT2D eigenvalue weighted by Gasteiger charge is -2.42. The van der Waals surface area contributed by atoms with Crippen molar-refractivity contribution < 1.29 is 29.0 Å². The van der Waals surface area contributed by atoms with Gasteiger partial charge in [-0.25, -0.2) is 9.59 Å². The van der Waals surface area contributed by atoms with Gasteiger partial charge in [-0.05, 0) is 47.9 Å². The molecule has 0 saturated heterocycles. The standard InChI is InChI=1S/C27H32N2O6/c1-3-27(17-34-2,24(31)32)28-23(30)15-26(13-8-14-26)29-25(33)35-16-22-20-11-6-4-9-18(20)19-10-5-7-12-21(19)22/h4-7,9-12,22H,3,8,13-17H2,1-2H3,(H,28,30)(H,29,33)(H,31,32). The summed E-state index contributed by atoms with van der Waals surface area (Å²) >= 11 is 0. The monoisotopic (exact) mass is 480 g/mol. The molecule has 0 radical (unpaired) electrons. The summed E-state index contributed by atoms with van der Waals surface area (Å²) in [5, 5.41) is 15.2. The number of carboxylic acid groups (broad SMARTS) is 1. The van der Waals surface area contributed by atoms with Crippen molar-refractivity contribution in [1.82, 2.24) is 10.6 Å². The summed E-state index contributed by atoms with van der Waals surface area (Å²) in [4.78, 5) is 37.4. The minimum atomic E-state index is -1.50. The number of carbonyl (C=O) groups excluding carboxylic acids is 2. The van der Waals surface area contributed by atoms with E-state index in [2.05, 4.69) is 34.9 Å². The molecule has 3 N–H and O–H groups in total. The molecule has 2 aliphatic rings. The maximum atomic E-state index is 12.8. The van der Waals surface area contributed by atoms with Gasteiger partial charge in [0.1, 0.15) is 6.61 Å². The van der Waals surface area contributed by atoms with Crippen LogP contribution < -0.4 is 10.6 Å². The molecule has 8 heteroatoms. The number of amides is 2. The zero-order valence-corrected chi connectivity index (χ0v) is 20.1. The van der Waals surface area contributed by atoms with Crippen LogP contribution in [0.5, 0.6) is 0 Å². The van der Waals surface area contributed by atoms with E-state index in [9.17, 15) is 19.5 Å². The van der Waals surface area contributed by atoms with E-state index in [0.717, 1.165) is 28.7 Å². The second-order valence-electron chi connectivity index (χ2n) is 9.48. The lowest BCUT2D eigenvalue weighted by Crippen LogP contribution is -2.61. The number of rotatable bonds is 10. The second kappa shape index (κ2) is 10.1. The Bertz CT molecular complexity index is 1070. The summed E-state index contributed by atoms with van der Waals surface area (Å²) in [5.41, 5.74) is 2.32. The molecule has 0 heterocycles. The molecule has 0 spiro atoms. The molecule has 35 heavy (non-hydrogen) atoms. The highest BCUT2D eigenvalue weighted by atomic mass is 16.5. The summed E-state index contributed by atoms with van der Waals surface area (Å²) in [6, 6.07) is 16.2. The Labute approximate surface area is 205 Å². The quantitative estimate of drug-likeness (QED) is 0.476. The van der Waals surface area contributed by atoms with Crippen LogP contribution in [-0.4, -0.2) is 54.5 Å². The van der Waals surface area contributed by atoms with Crippen LogP contribution in [0.25, 0.3) is 11.1 Å². The normalized spacial score (nSPS) is 17.3.